The van der Waals surface area contributed by atoms with E-state index in [0.29, 0.717) is 23.4 Å². The normalized spacial score (nSPS) is 12.6. The Labute approximate surface area is 243 Å². The molecule has 2 heterocycles. The zero-order valence-electron chi connectivity index (χ0n) is 22.2. The van der Waals surface area contributed by atoms with Crippen LogP contribution in [0.2, 0.25) is 0 Å². The van der Waals surface area contributed by atoms with Gasteiger partial charge in [0.05, 0.1) is 24.3 Å². The summed E-state index contributed by atoms with van der Waals surface area (Å²) < 4.78 is 15.2. The molecule has 0 saturated heterocycles. The van der Waals surface area contributed by atoms with E-state index < -0.39 is 30.4 Å². The molecule has 0 bridgehead atoms. The van der Waals surface area contributed by atoms with Crippen molar-refractivity contribution in [1.29, 1.82) is 0 Å². The Bertz CT molecular complexity index is 1220. The van der Waals surface area contributed by atoms with Crippen LogP contribution in [0.4, 0.5) is 4.39 Å². The summed E-state index contributed by atoms with van der Waals surface area (Å²) in [4.78, 5) is 28.3. The van der Waals surface area contributed by atoms with Crippen LogP contribution in [0.15, 0.2) is 42.6 Å². The van der Waals surface area contributed by atoms with E-state index in [2.05, 4.69) is 15.4 Å². The van der Waals surface area contributed by atoms with Gasteiger partial charge in [0.2, 0.25) is 0 Å². The van der Waals surface area contributed by atoms with Crippen molar-refractivity contribution in [3.8, 4) is 5.69 Å². The molecule has 9 nitrogen and oxygen atoms in total. The number of nitrogens with one attached hydrogen (secondary N) is 1. The minimum Gasteiger partial charge on any atom is -0.481 e. The summed E-state index contributed by atoms with van der Waals surface area (Å²) in [6, 6.07) is 9.47. The molecule has 0 aliphatic carbocycles. The van der Waals surface area contributed by atoms with Crippen LogP contribution < -0.4 is 5.32 Å². The fraction of sp³-hybridized carbons (Fsp3) is 0.407. The van der Waals surface area contributed by atoms with Crippen LogP contribution in [0.5, 0.6) is 0 Å². The third-order valence-corrected chi connectivity index (χ3v) is 5.98. The third kappa shape index (κ3) is 8.71. The number of pyridine rings is 1. The molecular formula is C27H33FN4NaO5. The zero-order chi connectivity index (χ0) is 27.1. The number of amides is 1. The zero-order valence-corrected chi connectivity index (χ0v) is 24.2. The van der Waals surface area contributed by atoms with Gasteiger partial charge in [0, 0.05) is 59.3 Å². The standard InChI is InChI=1S/C27H33FN4O5.Na/c1-16(2)25-23(11-10-21(33)12-22(34)13-24(35)36)32(20-8-6-19(28)7-9-20)31-26(25)27(37)30-15-18-5-4-17(3)29-14-18;/h4-9,14,16,21-22,33-34H,10-13,15H2,1-3H3,(H,30,37)(H,35,36);/t21-,22-;/m1./s1. The molecule has 199 valence electrons. The summed E-state index contributed by atoms with van der Waals surface area (Å²) in [7, 11) is 0. The number of aryl methyl sites for hydroxylation is 1. The van der Waals surface area contributed by atoms with Gasteiger partial charge in [0.1, 0.15) is 5.82 Å². The van der Waals surface area contributed by atoms with Crippen LogP contribution >= 0.6 is 0 Å². The Morgan fingerprint density at radius 1 is 1.08 bits per heavy atom. The van der Waals surface area contributed by atoms with Gasteiger partial charge in [-0.2, -0.15) is 5.10 Å². The van der Waals surface area contributed by atoms with Gasteiger partial charge in [0.25, 0.3) is 5.91 Å². The van der Waals surface area contributed by atoms with Crippen molar-refractivity contribution in [1.82, 2.24) is 20.1 Å². The number of halogens is 1. The van der Waals surface area contributed by atoms with Crippen LogP contribution in [0, 0.1) is 12.7 Å². The third-order valence-electron chi connectivity index (χ3n) is 5.98. The Morgan fingerprint density at radius 2 is 1.76 bits per heavy atom. The van der Waals surface area contributed by atoms with Gasteiger partial charge in [-0.1, -0.05) is 19.9 Å². The van der Waals surface area contributed by atoms with Gasteiger partial charge in [-0.25, -0.2) is 9.07 Å². The predicted molar refractivity (Wildman–Crippen MR) is 141 cm³/mol. The fourth-order valence-electron chi connectivity index (χ4n) is 4.17. The largest absolute Gasteiger partial charge is 0.481 e. The molecule has 38 heavy (non-hydrogen) atoms. The number of rotatable bonds is 12. The Balaban J connectivity index is 0.00000507. The first-order valence-electron chi connectivity index (χ1n) is 12.2. The molecule has 3 rings (SSSR count). The number of carboxylic acid groups (broad SMARTS) is 1. The molecule has 1 aromatic carbocycles. The molecule has 2 aromatic heterocycles. The van der Waals surface area contributed by atoms with E-state index in [1.54, 1.807) is 23.0 Å². The predicted octanol–water partition coefficient (Wildman–Crippen LogP) is 2.91. The average Bonchev–Trinajstić information content (AvgIpc) is 3.22. The maximum absolute atomic E-state index is 13.6. The topological polar surface area (TPSA) is 138 Å². The summed E-state index contributed by atoms with van der Waals surface area (Å²) >= 11 is 0. The molecule has 11 heteroatoms. The quantitative estimate of drug-likeness (QED) is 0.262. The summed E-state index contributed by atoms with van der Waals surface area (Å²) in [6.45, 7) is 6.01. The SMILES string of the molecule is Cc1ccc(CNC(=O)c2nn(-c3ccc(F)cc3)c(CC[C@@H](O)C[C@@H](O)CC(=O)O)c2C(C)C)cn1.[Na]. The first-order valence-corrected chi connectivity index (χ1v) is 12.2. The fourth-order valence-corrected chi connectivity index (χ4v) is 4.17. The maximum atomic E-state index is 13.6. The van der Waals surface area contributed by atoms with Crippen molar-refractivity contribution >= 4 is 41.4 Å². The molecule has 2 atom stereocenters. The summed E-state index contributed by atoms with van der Waals surface area (Å²) in [5.74, 6) is -2.02. The van der Waals surface area contributed by atoms with Crippen LogP contribution in [0.25, 0.3) is 5.69 Å². The number of carbonyl (C=O) groups is 2. The molecule has 3 aromatic rings. The Morgan fingerprint density at radius 3 is 2.34 bits per heavy atom. The van der Waals surface area contributed by atoms with E-state index in [-0.39, 0.29) is 66.5 Å². The van der Waals surface area contributed by atoms with Gasteiger partial charge in [-0.15, -0.1) is 0 Å². The first-order chi connectivity index (χ1) is 17.5. The number of hydrogen-bond donors (Lipinski definition) is 4. The van der Waals surface area contributed by atoms with Crippen LogP contribution in [-0.4, -0.2) is 83.7 Å². The molecular weight excluding hydrogens is 502 g/mol. The monoisotopic (exact) mass is 535 g/mol. The van der Waals surface area contributed by atoms with Gasteiger partial charge < -0.3 is 20.6 Å². The van der Waals surface area contributed by atoms with Crippen molar-refractivity contribution in [3.05, 3.63) is 76.6 Å². The number of aliphatic hydroxyl groups excluding tert-OH is 2. The van der Waals surface area contributed by atoms with Gasteiger partial charge in [0.15, 0.2) is 5.69 Å². The van der Waals surface area contributed by atoms with Crippen LogP contribution in [0.1, 0.15) is 72.0 Å². The number of aliphatic carboxylic acids is 1. The van der Waals surface area contributed by atoms with E-state index in [1.165, 1.54) is 12.1 Å². The minimum absolute atomic E-state index is 0. The van der Waals surface area contributed by atoms with Crippen molar-refractivity contribution < 1.29 is 29.3 Å². The molecule has 0 aliphatic heterocycles. The Kier molecular flexibility index (Phi) is 12.1. The molecule has 0 spiro atoms. The van der Waals surface area contributed by atoms with Crippen molar-refractivity contribution in [2.75, 3.05) is 0 Å². The van der Waals surface area contributed by atoms with E-state index in [4.69, 9.17) is 5.11 Å². The van der Waals surface area contributed by atoms with Gasteiger partial charge in [-0.3, -0.25) is 14.6 Å². The minimum atomic E-state index is -1.17. The number of aromatic nitrogens is 3. The second-order valence-electron chi connectivity index (χ2n) is 9.42. The molecule has 4 N–H and O–H groups in total. The molecule has 1 radical (unpaired) electrons. The van der Waals surface area contributed by atoms with Gasteiger partial charge in [-0.05, 0) is 68.0 Å². The maximum Gasteiger partial charge on any atom is 0.305 e. The molecule has 0 fully saturated rings. The smallest absolute Gasteiger partial charge is 0.305 e. The molecule has 0 unspecified atom stereocenters. The molecule has 0 aliphatic rings. The number of hydrogen-bond acceptors (Lipinski definition) is 6. The second kappa shape index (κ2) is 14.5. The van der Waals surface area contributed by atoms with Crippen LogP contribution in [0.3, 0.4) is 0 Å². The van der Waals surface area contributed by atoms with Crippen molar-refractivity contribution in [2.45, 2.75) is 71.1 Å². The van der Waals surface area contributed by atoms with E-state index in [0.717, 1.165) is 11.3 Å². The number of aliphatic hydroxyl groups is 2. The van der Waals surface area contributed by atoms with Crippen LogP contribution in [-0.2, 0) is 17.8 Å². The summed E-state index contributed by atoms with van der Waals surface area (Å²) in [5, 5.41) is 36.7. The number of carboxylic acids is 1. The summed E-state index contributed by atoms with van der Waals surface area (Å²) in [5.41, 5.74) is 3.87. The first kappa shape index (κ1) is 31.6. The Hall–Kier alpha value is -2.63. The average molecular weight is 536 g/mol. The number of benzene rings is 1. The molecule has 0 saturated carbocycles. The summed E-state index contributed by atoms with van der Waals surface area (Å²) in [6.07, 6.45) is -0.474. The second-order valence-corrected chi connectivity index (χ2v) is 9.42. The number of nitrogens with zero attached hydrogens (tertiary/aromatic N) is 3. The number of carbonyl (C=O) groups excluding carboxylic acids is 1. The molecule has 1 amide bonds. The van der Waals surface area contributed by atoms with E-state index in [9.17, 15) is 24.2 Å². The van der Waals surface area contributed by atoms with E-state index >= 15 is 0 Å². The van der Waals surface area contributed by atoms with Crippen molar-refractivity contribution in [3.63, 3.8) is 0 Å². The van der Waals surface area contributed by atoms with Gasteiger partial charge >= 0.3 is 5.97 Å². The van der Waals surface area contributed by atoms with E-state index in [1.807, 2.05) is 32.9 Å². The van der Waals surface area contributed by atoms with Crippen molar-refractivity contribution in [2.24, 2.45) is 0 Å².